The van der Waals surface area contributed by atoms with Gasteiger partial charge >= 0.3 is 0 Å². The molecule has 21 heavy (non-hydrogen) atoms. The van der Waals surface area contributed by atoms with Crippen LogP contribution in [0.5, 0.6) is 11.5 Å². The fraction of sp³-hybridized carbons (Fsp3) is 0.312. The standard InChI is InChI=1S/C16H18O5/c1-8(2)3-4-10(17)9-7-13(20)14-11(18)5-6-12(19)15(14)16(9)21/h3,5-7,10,13,17-20H,4H2,1-2H3/t10-,13?/m1/s1. The minimum Gasteiger partial charge on any atom is -0.508 e. The van der Waals surface area contributed by atoms with Gasteiger partial charge in [-0.1, -0.05) is 11.6 Å². The topological polar surface area (TPSA) is 98.0 Å². The highest BCUT2D eigenvalue weighted by Gasteiger charge is 2.33. The lowest BCUT2D eigenvalue weighted by Crippen LogP contribution is -2.24. The van der Waals surface area contributed by atoms with Crippen molar-refractivity contribution in [1.29, 1.82) is 0 Å². The second-order valence-electron chi connectivity index (χ2n) is 5.32. The van der Waals surface area contributed by atoms with Crippen molar-refractivity contribution in [3.8, 4) is 11.5 Å². The van der Waals surface area contributed by atoms with Crippen LogP contribution in [0, 0.1) is 0 Å². The van der Waals surface area contributed by atoms with E-state index in [9.17, 15) is 25.2 Å². The molecule has 2 atom stereocenters. The van der Waals surface area contributed by atoms with E-state index in [2.05, 4.69) is 0 Å². The fourth-order valence-corrected chi connectivity index (χ4v) is 2.35. The summed E-state index contributed by atoms with van der Waals surface area (Å²) in [6.07, 6.45) is 0.913. The first-order valence-electron chi connectivity index (χ1n) is 6.63. The van der Waals surface area contributed by atoms with Crippen LogP contribution >= 0.6 is 0 Å². The molecule has 5 heteroatoms. The van der Waals surface area contributed by atoms with Crippen molar-refractivity contribution in [2.75, 3.05) is 0 Å². The fourth-order valence-electron chi connectivity index (χ4n) is 2.35. The second-order valence-corrected chi connectivity index (χ2v) is 5.32. The van der Waals surface area contributed by atoms with Gasteiger partial charge in [-0.2, -0.15) is 0 Å². The third-order valence-corrected chi connectivity index (χ3v) is 3.43. The molecule has 0 radical (unpaired) electrons. The van der Waals surface area contributed by atoms with E-state index in [1.54, 1.807) is 6.08 Å². The maximum absolute atomic E-state index is 12.4. The van der Waals surface area contributed by atoms with Gasteiger partial charge in [-0.25, -0.2) is 0 Å². The van der Waals surface area contributed by atoms with Crippen LogP contribution in [0.4, 0.5) is 0 Å². The van der Waals surface area contributed by atoms with Gasteiger partial charge in [0, 0.05) is 11.1 Å². The lowest BCUT2D eigenvalue weighted by Gasteiger charge is -2.24. The molecule has 4 N–H and O–H groups in total. The van der Waals surface area contributed by atoms with Gasteiger partial charge in [-0.15, -0.1) is 0 Å². The maximum Gasteiger partial charge on any atom is 0.195 e. The van der Waals surface area contributed by atoms with Crippen LogP contribution in [0.3, 0.4) is 0 Å². The Morgan fingerprint density at radius 1 is 1.29 bits per heavy atom. The third kappa shape index (κ3) is 2.84. The molecule has 112 valence electrons. The molecular weight excluding hydrogens is 272 g/mol. The molecule has 0 heterocycles. The van der Waals surface area contributed by atoms with Gasteiger partial charge in [-0.05, 0) is 38.5 Å². The number of rotatable bonds is 3. The highest BCUT2D eigenvalue weighted by molar-refractivity contribution is 6.13. The van der Waals surface area contributed by atoms with Gasteiger partial charge in [0.05, 0.1) is 11.7 Å². The third-order valence-electron chi connectivity index (χ3n) is 3.43. The molecule has 0 saturated carbocycles. The van der Waals surface area contributed by atoms with E-state index in [-0.39, 0.29) is 34.6 Å². The van der Waals surface area contributed by atoms with E-state index in [0.717, 1.165) is 5.57 Å². The number of phenolic OH excluding ortho intramolecular Hbond substituents is 2. The quantitative estimate of drug-likeness (QED) is 0.504. The number of phenols is 2. The average Bonchev–Trinajstić information content (AvgIpc) is 2.42. The maximum atomic E-state index is 12.4. The molecule has 0 spiro atoms. The van der Waals surface area contributed by atoms with Crippen molar-refractivity contribution in [2.45, 2.75) is 32.5 Å². The molecule has 0 fully saturated rings. The lowest BCUT2D eigenvalue weighted by molar-refractivity contribution is 0.0962. The van der Waals surface area contributed by atoms with Gasteiger partial charge in [0.25, 0.3) is 0 Å². The van der Waals surface area contributed by atoms with Crippen LogP contribution in [0.2, 0.25) is 0 Å². The van der Waals surface area contributed by atoms with Crippen LogP contribution in [0.1, 0.15) is 42.3 Å². The molecule has 0 bridgehead atoms. The number of aliphatic hydroxyl groups excluding tert-OH is 2. The number of carbonyl (C=O) groups excluding carboxylic acids is 1. The molecule has 0 aliphatic heterocycles. The number of allylic oxidation sites excluding steroid dienone is 1. The number of hydrogen-bond acceptors (Lipinski definition) is 5. The minimum absolute atomic E-state index is 0.0217. The van der Waals surface area contributed by atoms with E-state index < -0.39 is 18.0 Å². The van der Waals surface area contributed by atoms with Crippen molar-refractivity contribution in [1.82, 2.24) is 0 Å². The summed E-state index contributed by atoms with van der Waals surface area (Å²) in [5, 5.41) is 39.7. The molecular formula is C16H18O5. The Labute approximate surface area is 122 Å². The Bertz CT molecular complexity index is 638. The summed E-state index contributed by atoms with van der Waals surface area (Å²) in [4.78, 5) is 12.4. The molecule has 1 unspecified atom stereocenters. The summed E-state index contributed by atoms with van der Waals surface area (Å²) in [7, 11) is 0. The number of ketones is 1. The molecule has 1 aromatic rings. The summed E-state index contributed by atoms with van der Waals surface area (Å²) < 4.78 is 0. The average molecular weight is 290 g/mol. The highest BCUT2D eigenvalue weighted by atomic mass is 16.3. The zero-order valence-corrected chi connectivity index (χ0v) is 11.9. The molecule has 0 amide bonds. The molecule has 5 nitrogen and oxygen atoms in total. The number of benzene rings is 1. The summed E-state index contributed by atoms with van der Waals surface area (Å²) in [5.41, 5.74) is 0.835. The monoisotopic (exact) mass is 290 g/mol. The van der Waals surface area contributed by atoms with Crippen molar-refractivity contribution in [2.24, 2.45) is 0 Å². The van der Waals surface area contributed by atoms with Gasteiger partial charge in [0.1, 0.15) is 17.6 Å². The number of hydrogen-bond donors (Lipinski definition) is 4. The SMILES string of the molecule is CC(C)=CC[C@@H](O)C1=CC(O)c2c(O)ccc(O)c2C1=O. The first-order chi connectivity index (χ1) is 9.82. The van der Waals surface area contributed by atoms with Crippen LogP contribution in [0.25, 0.3) is 0 Å². The summed E-state index contributed by atoms with van der Waals surface area (Å²) in [6.45, 7) is 3.75. The van der Waals surface area contributed by atoms with Crippen LogP contribution < -0.4 is 0 Å². The number of Topliss-reactive ketones (excluding diaryl/α,β-unsaturated/α-hetero) is 1. The number of aliphatic hydroxyl groups is 2. The minimum atomic E-state index is -1.25. The molecule has 1 aliphatic carbocycles. The molecule has 0 saturated heterocycles. The molecule has 2 rings (SSSR count). The molecule has 0 aromatic heterocycles. The first kappa shape index (κ1) is 15.3. The van der Waals surface area contributed by atoms with E-state index >= 15 is 0 Å². The Balaban J connectivity index is 2.43. The largest absolute Gasteiger partial charge is 0.508 e. The van der Waals surface area contributed by atoms with Gasteiger partial charge in [0.15, 0.2) is 5.78 Å². The second kappa shape index (κ2) is 5.71. The predicted octanol–water partition coefficient (Wildman–Crippen LogP) is 1.97. The zero-order chi connectivity index (χ0) is 15.7. The van der Waals surface area contributed by atoms with Crippen LogP contribution in [0.15, 0.2) is 35.4 Å². The Kier molecular flexibility index (Phi) is 4.16. The van der Waals surface area contributed by atoms with Crippen LogP contribution in [-0.2, 0) is 0 Å². The van der Waals surface area contributed by atoms with Crippen molar-refractivity contribution < 1.29 is 25.2 Å². The van der Waals surface area contributed by atoms with Crippen molar-refractivity contribution >= 4 is 5.78 Å². The van der Waals surface area contributed by atoms with E-state index in [1.165, 1.54) is 18.2 Å². The Morgan fingerprint density at radius 2 is 1.90 bits per heavy atom. The number of fused-ring (bicyclic) bond motifs is 1. The lowest BCUT2D eigenvalue weighted by atomic mass is 9.84. The first-order valence-corrected chi connectivity index (χ1v) is 6.63. The van der Waals surface area contributed by atoms with Gasteiger partial charge in [0.2, 0.25) is 0 Å². The van der Waals surface area contributed by atoms with Gasteiger partial charge in [-0.3, -0.25) is 4.79 Å². The Hall–Kier alpha value is -2.11. The van der Waals surface area contributed by atoms with Crippen LogP contribution in [-0.4, -0.2) is 32.3 Å². The van der Waals surface area contributed by atoms with Gasteiger partial charge < -0.3 is 20.4 Å². The summed E-state index contributed by atoms with van der Waals surface area (Å²) in [6, 6.07) is 2.40. The number of carbonyl (C=O) groups is 1. The summed E-state index contributed by atoms with van der Waals surface area (Å²) in [5.74, 6) is -1.18. The normalized spacial score (nSPS) is 18.8. The number of aromatic hydroxyl groups is 2. The van der Waals surface area contributed by atoms with E-state index in [1.807, 2.05) is 13.8 Å². The predicted molar refractivity (Wildman–Crippen MR) is 77.2 cm³/mol. The zero-order valence-electron chi connectivity index (χ0n) is 11.9. The molecule has 1 aromatic carbocycles. The highest BCUT2D eigenvalue weighted by Crippen LogP contribution is 2.40. The van der Waals surface area contributed by atoms with E-state index in [4.69, 9.17) is 0 Å². The molecule has 1 aliphatic rings. The van der Waals surface area contributed by atoms with Crippen molar-refractivity contribution in [3.05, 3.63) is 46.6 Å². The Morgan fingerprint density at radius 3 is 2.52 bits per heavy atom. The smallest absolute Gasteiger partial charge is 0.195 e. The van der Waals surface area contributed by atoms with E-state index in [0.29, 0.717) is 0 Å². The van der Waals surface area contributed by atoms with Crippen molar-refractivity contribution in [3.63, 3.8) is 0 Å². The summed E-state index contributed by atoms with van der Waals surface area (Å²) >= 11 is 0.